The summed E-state index contributed by atoms with van der Waals surface area (Å²) in [7, 11) is 1.84. The number of nitrogens with zero attached hydrogens (tertiary/aromatic N) is 4. The van der Waals surface area contributed by atoms with Crippen molar-refractivity contribution in [2.24, 2.45) is 0 Å². The highest BCUT2D eigenvalue weighted by atomic mass is 16.6. The summed E-state index contributed by atoms with van der Waals surface area (Å²) in [5, 5.41) is 25.6. The SMILES string of the molecule is Cc1cc(N2CCCN2C)c([N+](=O)[O-])cc1[N+](=O)[O-]. The normalized spacial score (nSPS) is 15.8. The van der Waals surface area contributed by atoms with Gasteiger partial charge in [-0.3, -0.25) is 25.2 Å². The first-order valence-electron chi connectivity index (χ1n) is 5.84. The summed E-state index contributed by atoms with van der Waals surface area (Å²) in [6, 6.07) is 2.55. The first-order valence-corrected chi connectivity index (χ1v) is 5.84. The van der Waals surface area contributed by atoms with Crippen LogP contribution in [-0.2, 0) is 0 Å². The van der Waals surface area contributed by atoms with Gasteiger partial charge in [-0.05, 0) is 19.4 Å². The monoisotopic (exact) mass is 266 g/mol. The summed E-state index contributed by atoms with van der Waals surface area (Å²) in [4.78, 5) is 20.8. The van der Waals surface area contributed by atoms with Crippen LogP contribution in [0.15, 0.2) is 12.1 Å². The Kier molecular flexibility index (Phi) is 3.34. The van der Waals surface area contributed by atoms with Gasteiger partial charge in [0.05, 0.1) is 15.9 Å². The summed E-state index contributed by atoms with van der Waals surface area (Å²) in [6.45, 7) is 3.07. The molecule has 0 N–H and O–H groups in total. The highest BCUT2D eigenvalue weighted by molar-refractivity contribution is 5.69. The van der Waals surface area contributed by atoms with Gasteiger partial charge in [0.25, 0.3) is 5.69 Å². The third-order valence-corrected chi connectivity index (χ3v) is 3.23. The lowest BCUT2D eigenvalue weighted by Gasteiger charge is -2.25. The molecule has 0 aromatic heterocycles. The van der Waals surface area contributed by atoms with E-state index >= 15 is 0 Å². The van der Waals surface area contributed by atoms with Gasteiger partial charge in [-0.1, -0.05) is 0 Å². The number of hydrogen-bond acceptors (Lipinski definition) is 6. The third-order valence-electron chi connectivity index (χ3n) is 3.23. The number of benzene rings is 1. The molecule has 1 aliphatic heterocycles. The van der Waals surface area contributed by atoms with Crippen LogP contribution in [0, 0.1) is 27.2 Å². The molecule has 1 aromatic carbocycles. The first kappa shape index (κ1) is 13.2. The van der Waals surface area contributed by atoms with Crippen molar-refractivity contribution in [3.63, 3.8) is 0 Å². The number of hydrazine groups is 1. The first-order chi connectivity index (χ1) is 8.91. The highest BCUT2D eigenvalue weighted by Gasteiger charge is 2.29. The van der Waals surface area contributed by atoms with Crippen LogP contribution >= 0.6 is 0 Å². The van der Waals surface area contributed by atoms with E-state index < -0.39 is 9.85 Å². The average Bonchev–Trinajstić information content (AvgIpc) is 2.74. The Morgan fingerprint density at radius 2 is 1.74 bits per heavy atom. The summed E-state index contributed by atoms with van der Waals surface area (Å²) < 4.78 is 0. The maximum absolute atomic E-state index is 11.1. The number of nitro benzene ring substituents is 2. The molecule has 8 nitrogen and oxygen atoms in total. The average molecular weight is 266 g/mol. The van der Waals surface area contributed by atoms with Crippen LogP contribution < -0.4 is 5.01 Å². The minimum absolute atomic E-state index is 0.225. The molecule has 0 radical (unpaired) electrons. The molecule has 1 fully saturated rings. The van der Waals surface area contributed by atoms with Gasteiger partial charge in [-0.2, -0.15) is 0 Å². The molecule has 0 atom stereocenters. The lowest BCUT2D eigenvalue weighted by Crippen LogP contribution is -2.33. The van der Waals surface area contributed by atoms with Crippen LogP contribution in [-0.4, -0.2) is 35.0 Å². The van der Waals surface area contributed by atoms with Crippen LogP contribution in [0.1, 0.15) is 12.0 Å². The van der Waals surface area contributed by atoms with Gasteiger partial charge in [0.2, 0.25) is 0 Å². The number of nitro groups is 2. The number of aryl methyl sites for hydroxylation is 1. The Labute approximate surface area is 109 Å². The third kappa shape index (κ3) is 2.34. The Balaban J connectivity index is 2.56. The van der Waals surface area contributed by atoms with Crippen molar-refractivity contribution in [1.82, 2.24) is 5.01 Å². The van der Waals surface area contributed by atoms with E-state index in [0.29, 0.717) is 17.8 Å². The predicted molar refractivity (Wildman–Crippen MR) is 69.1 cm³/mol. The molecule has 0 spiro atoms. The van der Waals surface area contributed by atoms with E-state index in [-0.39, 0.29) is 11.4 Å². The molecule has 1 heterocycles. The van der Waals surface area contributed by atoms with E-state index in [4.69, 9.17) is 0 Å². The minimum atomic E-state index is -0.597. The summed E-state index contributed by atoms with van der Waals surface area (Å²) in [5.74, 6) is 0. The van der Waals surface area contributed by atoms with Crippen molar-refractivity contribution in [1.29, 1.82) is 0 Å². The second-order valence-electron chi connectivity index (χ2n) is 4.50. The van der Waals surface area contributed by atoms with Crippen molar-refractivity contribution >= 4 is 17.1 Å². The molecule has 2 rings (SSSR count). The standard InChI is InChI=1S/C11H14N4O4/c1-8-6-10(13-5-3-4-12(13)2)11(15(18)19)7-9(8)14(16)17/h6-7H,3-5H2,1-2H3. The van der Waals surface area contributed by atoms with Gasteiger partial charge in [-0.25, -0.2) is 5.01 Å². The molecular formula is C11H14N4O4. The lowest BCUT2D eigenvalue weighted by atomic mass is 10.1. The van der Waals surface area contributed by atoms with Crippen molar-refractivity contribution in [3.8, 4) is 0 Å². The van der Waals surface area contributed by atoms with Crippen LogP contribution in [0.3, 0.4) is 0 Å². The van der Waals surface area contributed by atoms with E-state index in [0.717, 1.165) is 19.0 Å². The quantitative estimate of drug-likeness (QED) is 0.612. The minimum Gasteiger partial charge on any atom is -0.300 e. The molecule has 0 amide bonds. The summed E-state index contributed by atoms with van der Waals surface area (Å²) in [6.07, 6.45) is 0.906. The second-order valence-corrected chi connectivity index (χ2v) is 4.50. The molecule has 0 bridgehead atoms. The molecule has 1 saturated heterocycles. The maximum atomic E-state index is 11.1. The van der Waals surface area contributed by atoms with E-state index in [1.165, 1.54) is 6.07 Å². The fraction of sp³-hybridized carbons (Fsp3) is 0.455. The topological polar surface area (TPSA) is 92.8 Å². The zero-order valence-electron chi connectivity index (χ0n) is 10.7. The van der Waals surface area contributed by atoms with Crippen LogP contribution in [0.25, 0.3) is 0 Å². The largest absolute Gasteiger partial charge is 0.300 e. The van der Waals surface area contributed by atoms with Gasteiger partial charge < -0.3 is 0 Å². The Bertz CT molecular complexity index is 546. The number of hydrogen-bond donors (Lipinski definition) is 0. The summed E-state index contributed by atoms with van der Waals surface area (Å²) in [5.41, 5.74) is 0.377. The molecule has 0 saturated carbocycles. The van der Waals surface area contributed by atoms with E-state index in [1.807, 2.05) is 12.1 Å². The second kappa shape index (κ2) is 4.81. The molecule has 8 heteroatoms. The van der Waals surface area contributed by atoms with Crippen LogP contribution in [0.2, 0.25) is 0 Å². The van der Waals surface area contributed by atoms with Crippen molar-refractivity contribution in [2.75, 3.05) is 25.1 Å². The fourth-order valence-electron chi connectivity index (χ4n) is 2.26. The molecule has 0 unspecified atom stereocenters. The number of anilines is 1. The summed E-state index contributed by atoms with van der Waals surface area (Å²) >= 11 is 0. The van der Waals surface area contributed by atoms with Crippen molar-refractivity contribution in [2.45, 2.75) is 13.3 Å². The van der Waals surface area contributed by atoms with Gasteiger partial charge in [0.1, 0.15) is 5.69 Å². The fourth-order valence-corrected chi connectivity index (χ4v) is 2.26. The Hall–Kier alpha value is -2.22. The van der Waals surface area contributed by atoms with Gasteiger partial charge in [0, 0.05) is 25.7 Å². The van der Waals surface area contributed by atoms with Crippen molar-refractivity contribution < 1.29 is 9.85 Å². The molecule has 1 aromatic rings. The molecule has 1 aliphatic rings. The lowest BCUT2D eigenvalue weighted by molar-refractivity contribution is -0.394. The Morgan fingerprint density at radius 1 is 1.11 bits per heavy atom. The Morgan fingerprint density at radius 3 is 2.21 bits per heavy atom. The highest BCUT2D eigenvalue weighted by Crippen LogP contribution is 2.36. The molecule has 102 valence electrons. The molecule has 19 heavy (non-hydrogen) atoms. The van der Waals surface area contributed by atoms with E-state index in [2.05, 4.69) is 0 Å². The van der Waals surface area contributed by atoms with Gasteiger partial charge in [-0.15, -0.1) is 0 Å². The van der Waals surface area contributed by atoms with Crippen LogP contribution in [0.4, 0.5) is 17.1 Å². The molecule has 0 aliphatic carbocycles. The van der Waals surface area contributed by atoms with Gasteiger partial charge >= 0.3 is 5.69 Å². The maximum Gasteiger partial charge on any atom is 0.300 e. The smallest absolute Gasteiger partial charge is 0.300 e. The van der Waals surface area contributed by atoms with Crippen LogP contribution in [0.5, 0.6) is 0 Å². The zero-order valence-corrected chi connectivity index (χ0v) is 10.7. The predicted octanol–water partition coefficient (Wildman–Crippen LogP) is 1.87. The van der Waals surface area contributed by atoms with Crippen molar-refractivity contribution in [3.05, 3.63) is 37.9 Å². The van der Waals surface area contributed by atoms with Gasteiger partial charge in [0.15, 0.2) is 0 Å². The molecular weight excluding hydrogens is 252 g/mol. The van der Waals surface area contributed by atoms with E-state index in [1.54, 1.807) is 11.9 Å². The van der Waals surface area contributed by atoms with E-state index in [9.17, 15) is 20.2 Å². The number of rotatable bonds is 3. The zero-order chi connectivity index (χ0) is 14.2.